The lowest BCUT2D eigenvalue weighted by molar-refractivity contribution is -0.134. The minimum atomic E-state index is -0.475. The van der Waals surface area contributed by atoms with E-state index in [0.29, 0.717) is 5.56 Å². The van der Waals surface area contributed by atoms with E-state index in [1.165, 1.54) is 13.8 Å². The van der Waals surface area contributed by atoms with Crippen molar-refractivity contribution in [3.63, 3.8) is 0 Å². The Hall–Kier alpha value is -2.37. The largest absolute Gasteiger partial charge is 0.426 e. The van der Waals surface area contributed by atoms with Gasteiger partial charge in [-0.3, -0.25) is 19.3 Å². The molecule has 2 heterocycles. The lowest BCUT2D eigenvalue weighted by Gasteiger charge is -2.14. The molecule has 18 heavy (non-hydrogen) atoms. The van der Waals surface area contributed by atoms with Gasteiger partial charge in [0.15, 0.2) is 0 Å². The van der Waals surface area contributed by atoms with E-state index < -0.39 is 11.9 Å². The Labute approximate surface area is 103 Å². The molecule has 0 aromatic carbocycles. The number of carbonyl (C=O) groups excluding carboxylic acids is 3. The summed E-state index contributed by atoms with van der Waals surface area (Å²) in [5.74, 6) is -0.977. The van der Waals surface area contributed by atoms with Crippen LogP contribution in [-0.2, 0) is 14.3 Å². The SMILES string of the molecule is CC(=O)OC1=CCN(C(C)=O)C(=O)c2[nH]ccc21. The van der Waals surface area contributed by atoms with Crippen molar-refractivity contribution >= 4 is 23.5 Å². The van der Waals surface area contributed by atoms with Crippen molar-refractivity contribution in [2.24, 2.45) is 0 Å². The highest BCUT2D eigenvalue weighted by atomic mass is 16.5. The number of H-pyrrole nitrogens is 1. The Morgan fingerprint density at radius 3 is 2.72 bits per heavy atom. The van der Waals surface area contributed by atoms with Crippen LogP contribution in [-0.4, -0.2) is 34.2 Å². The first-order chi connectivity index (χ1) is 8.50. The predicted molar refractivity (Wildman–Crippen MR) is 62.3 cm³/mol. The molecule has 6 nitrogen and oxygen atoms in total. The molecular weight excluding hydrogens is 236 g/mol. The van der Waals surface area contributed by atoms with Crippen molar-refractivity contribution < 1.29 is 19.1 Å². The van der Waals surface area contributed by atoms with Crippen LogP contribution in [0.5, 0.6) is 0 Å². The van der Waals surface area contributed by atoms with Gasteiger partial charge in [0.05, 0.1) is 6.54 Å². The molecule has 2 rings (SSSR count). The Morgan fingerprint density at radius 1 is 1.39 bits per heavy atom. The number of hydrogen-bond donors (Lipinski definition) is 1. The van der Waals surface area contributed by atoms with E-state index in [1.807, 2.05) is 0 Å². The Kier molecular flexibility index (Phi) is 3.01. The van der Waals surface area contributed by atoms with Gasteiger partial charge in [-0.2, -0.15) is 0 Å². The second kappa shape index (κ2) is 4.48. The highest BCUT2D eigenvalue weighted by Crippen LogP contribution is 2.24. The summed E-state index contributed by atoms with van der Waals surface area (Å²) in [4.78, 5) is 38.3. The van der Waals surface area contributed by atoms with E-state index in [1.54, 1.807) is 18.3 Å². The molecule has 0 fully saturated rings. The van der Waals surface area contributed by atoms with Gasteiger partial charge in [-0.1, -0.05) is 0 Å². The summed E-state index contributed by atoms with van der Waals surface area (Å²) in [6.07, 6.45) is 3.10. The highest BCUT2D eigenvalue weighted by molar-refractivity contribution is 6.06. The lowest BCUT2D eigenvalue weighted by Crippen LogP contribution is -2.35. The van der Waals surface area contributed by atoms with Crippen LogP contribution in [0.25, 0.3) is 5.76 Å². The zero-order valence-corrected chi connectivity index (χ0v) is 10.0. The van der Waals surface area contributed by atoms with Gasteiger partial charge >= 0.3 is 5.97 Å². The van der Waals surface area contributed by atoms with Crippen molar-refractivity contribution in [2.45, 2.75) is 13.8 Å². The minimum Gasteiger partial charge on any atom is -0.426 e. The quantitative estimate of drug-likeness (QED) is 0.749. The first-order valence-corrected chi connectivity index (χ1v) is 5.39. The van der Waals surface area contributed by atoms with Crippen LogP contribution in [0.15, 0.2) is 18.3 Å². The van der Waals surface area contributed by atoms with Crippen molar-refractivity contribution in [2.75, 3.05) is 6.54 Å². The molecule has 0 saturated heterocycles. The summed E-state index contributed by atoms with van der Waals surface area (Å²) >= 11 is 0. The smallest absolute Gasteiger partial charge is 0.308 e. The third-order valence-electron chi connectivity index (χ3n) is 2.56. The van der Waals surface area contributed by atoms with Gasteiger partial charge in [-0.15, -0.1) is 0 Å². The van der Waals surface area contributed by atoms with Crippen LogP contribution in [0.1, 0.15) is 29.9 Å². The molecule has 0 unspecified atom stereocenters. The Balaban J connectivity index is 2.47. The van der Waals surface area contributed by atoms with Gasteiger partial charge in [0.2, 0.25) is 5.91 Å². The Bertz CT molecular complexity index is 556. The molecule has 1 aromatic heterocycles. The number of rotatable bonds is 1. The second-order valence-electron chi connectivity index (χ2n) is 3.86. The number of carbonyl (C=O) groups is 3. The predicted octanol–water partition coefficient (Wildman–Crippen LogP) is 0.921. The Morgan fingerprint density at radius 2 is 2.11 bits per heavy atom. The number of imide groups is 1. The van der Waals surface area contributed by atoms with E-state index in [4.69, 9.17) is 4.74 Å². The number of ether oxygens (including phenoxy) is 1. The molecule has 0 aliphatic carbocycles. The normalized spacial score (nSPS) is 14.7. The van der Waals surface area contributed by atoms with Crippen molar-refractivity contribution in [3.8, 4) is 0 Å². The van der Waals surface area contributed by atoms with E-state index in [2.05, 4.69) is 4.98 Å². The van der Waals surface area contributed by atoms with E-state index in [-0.39, 0.29) is 23.9 Å². The van der Waals surface area contributed by atoms with E-state index >= 15 is 0 Å². The zero-order valence-electron chi connectivity index (χ0n) is 10.0. The van der Waals surface area contributed by atoms with Crippen LogP contribution in [0.3, 0.4) is 0 Å². The lowest BCUT2D eigenvalue weighted by atomic mass is 10.2. The van der Waals surface area contributed by atoms with Crippen molar-refractivity contribution in [3.05, 3.63) is 29.6 Å². The molecule has 1 aromatic rings. The third-order valence-corrected chi connectivity index (χ3v) is 2.56. The number of hydrogen-bond acceptors (Lipinski definition) is 4. The summed E-state index contributed by atoms with van der Waals surface area (Å²) in [5.41, 5.74) is 0.731. The van der Waals surface area contributed by atoms with Crippen LogP contribution in [0.2, 0.25) is 0 Å². The molecule has 2 amide bonds. The van der Waals surface area contributed by atoms with Gasteiger partial charge in [0.1, 0.15) is 11.5 Å². The summed E-state index contributed by atoms with van der Waals surface area (Å²) in [5, 5.41) is 0. The summed E-state index contributed by atoms with van der Waals surface area (Å²) in [6, 6.07) is 1.63. The minimum absolute atomic E-state index is 0.0826. The number of nitrogens with one attached hydrogen (secondary N) is 1. The summed E-state index contributed by atoms with van der Waals surface area (Å²) < 4.78 is 5.04. The van der Waals surface area contributed by atoms with Crippen LogP contribution >= 0.6 is 0 Å². The van der Waals surface area contributed by atoms with E-state index in [0.717, 1.165) is 4.90 Å². The summed E-state index contributed by atoms with van der Waals surface area (Å²) in [6.45, 7) is 2.67. The zero-order chi connectivity index (χ0) is 13.3. The molecule has 0 saturated carbocycles. The van der Waals surface area contributed by atoms with Gasteiger partial charge in [-0.25, -0.2) is 0 Å². The molecular formula is C12H12N2O4. The van der Waals surface area contributed by atoms with Crippen molar-refractivity contribution in [1.29, 1.82) is 0 Å². The maximum Gasteiger partial charge on any atom is 0.308 e. The number of fused-ring (bicyclic) bond motifs is 1. The van der Waals surface area contributed by atoms with Gasteiger partial charge in [0, 0.05) is 25.6 Å². The molecule has 1 aliphatic heterocycles. The molecule has 1 N–H and O–H groups in total. The standard InChI is InChI=1S/C12H12N2O4/c1-7(15)14-6-4-10(18-8(2)16)9-3-5-13-11(9)12(14)17/h3-5,13H,6H2,1-2H3. The molecule has 0 radical (unpaired) electrons. The monoisotopic (exact) mass is 248 g/mol. The van der Waals surface area contributed by atoms with Crippen LogP contribution < -0.4 is 0 Å². The average Bonchev–Trinajstić information content (AvgIpc) is 2.70. The summed E-state index contributed by atoms with van der Waals surface area (Å²) in [7, 11) is 0. The topological polar surface area (TPSA) is 79.5 Å². The fraction of sp³-hybridized carbons (Fsp3) is 0.250. The molecule has 0 bridgehead atoms. The first kappa shape index (κ1) is 12.1. The van der Waals surface area contributed by atoms with Gasteiger partial charge < -0.3 is 9.72 Å². The van der Waals surface area contributed by atoms with E-state index in [9.17, 15) is 14.4 Å². The van der Waals surface area contributed by atoms with Gasteiger partial charge in [0.25, 0.3) is 5.91 Å². The number of esters is 1. The number of aromatic amines is 1. The molecule has 1 aliphatic rings. The van der Waals surface area contributed by atoms with Crippen LogP contribution in [0, 0.1) is 0 Å². The van der Waals surface area contributed by atoms with Crippen LogP contribution in [0.4, 0.5) is 0 Å². The number of aromatic nitrogens is 1. The fourth-order valence-electron chi connectivity index (χ4n) is 1.78. The first-order valence-electron chi connectivity index (χ1n) is 5.39. The fourth-order valence-corrected chi connectivity index (χ4v) is 1.78. The second-order valence-corrected chi connectivity index (χ2v) is 3.86. The van der Waals surface area contributed by atoms with Crippen molar-refractivity contribution in [1.82, 2.24) is 9.88 Å². The number of nitrogens with zero attached hydrogens (tertiary/aromatic N) is 1. The molecule has 94 valence electrons. The highest BCUT2D eigenvalue weighted by Gasteiger charge is 2.28. The molecule has 6 heteroatoms. The molecule has 0 spiro atoms. The maximum absolute atomic E-state index is 12.1. The molecule has 0 atom stereocenters. The average molecular weight is 248 g/mol. The number of amides is 2. The van der Waals surface area contributed by atoms with Gasteiger partial charge in [-0.05, 0) is 12.1 Å². The maximum atomic E-state index is 12.1. The third kappa shape index (κ3) is 2.04.